The van der Waals surface area contributed by atoms with E-state index in [2.05, 4.69) is 15.6 Å². The first-order valence-electron chi connectivity index (χ1n) is 6.77. The standard InChI is InChI=1S/C12H28N4O3S.HI/c1-6-20(17,18)16(4)9-7-8-14-12(13-3)15-11(2)10-19-5;/h11H,6-10H2,1-5H3,(H2,13,14,15);1H. The Kier molecular flexibility index (Phi) is 13.7. The van der Waals surface area contributed by atoms with Gasteiger partial charge in [0.1, 0.15) is 0 Å². The van der Waals surface area contributed by atoms with E-state index in [9.17, 15) is 8.42 Å². The first kappa shape index (κ1) is 23.1. The van der Waals surface area contributed by atoms with Crippen molar-refractivity contribution >= 4 is 40.0 Å². The van der Waals surface area contributed by atoms with Crippen molar-refractivity contribution in [2.24, 2.45) is 4.99 Å². The summed E-state index contributed by atoms with van der Waals surface area (Å²) in [6.45, 7) is 5.39. The second kappa shape index (κ2) is 12.4. The summed E-state index contributed by atoms with van der Waals surface area (Å²) in [5.74, 6) is 0.824. The van der Waals surface area contributed by atoms with E-state index in [0.717, 1.165) is 6.42 Å². The Bertz CT molecular complexity index is 390. The molecule has 1 atom stereocenters. The zero-order chi connectivity index (χ0) is 15.6. The van der Waals surface area contributed by atoms with Crippen LogP contribution in [0.3, 0.4) is 0 Å². The van der Waals surface area contributed by atoms with Crippen molar-refractivity contribution in [1.29, 1.82) is 0 Å². The zero-order valence-electron chi connectivity index (χ0n) is 13.5. The molecule has 0 aromatic carbocycles. The topological polar surface area (TPSA) is 83.0 Å². The van der Waals surface area contributed by atoms with Crippen molar-refractivity contribution in [3.8, 4) is 0 Å². The smallest absolute Gasteiger partial charge is 0.213 e. The van der Waals surface area contributed by atoms with Gasteiger partial charge in [-0.25, -0.2) is 12.7 Å². The van der Waals surface area contributed by atoms with Crippen molar-refractivity contribution in [1.82, 2.24) is 14.9 Å². The summed E-state index contributed by atoms with van der Waals surface area (Å²) in [5, 5.41) is 6.32. The van der Waals surface area contributed by atoms with Gasteiger partial charge in [0.25, 0.3) is 0 Å². The molecule has 0 rings (SSSR count). The Morgan fingerprint density at radius 3 is 2.52 bits per heavy atom. The molecule has 0 saturated carbocycles. The first-order chi connectivity index (χ1) is 9.37. The molecule has 9 heteroatoms. The van der Waals surface area contributed by atoms with E-state index < -0.39 is 10.0 Å². The van der Waals surface area contributed by atoms with Gasteiger partial charge in [-0.3, -0.25) is 4.99 Å². The zero-order valence-corrected chi connectivity index (χ0v) is 16.7. The third kappa shape index (κ3) is 10.3. The van der Waals surface area contributed by atoms with Crippen LogP contribution < -0.4 is 10.6 Å². The summed E-state index contributed by atoms with van der Waals surface area (Å²) >= 11 is 0. The number of hydrogen-bond donors (Lipinski definition) is 2. The molecule has 0 amide bonds. The molecule has 1 unspecified atom stereocenters. The molecule has 0 aliphatic rings. The van der Waals surface area contributed by atoms with Gasteiger partial charge in [-0.15, -0.1) is 24.0 Å². The number of halogens is 1. The predicted octanol–water partition coefficient (Wildman–Crippen LogP) is 0.476. The number of sulfonamides is 1. The van der Waals surface area contributed by atoms with Crippen LogP contribution in [0, 0.1) is 0 Å². The summed E-state index contributed by atoms with van der Waals surface area (Å²) < 4.78 is 29.5. The maximum atomic E-state index is 11.6. The summed E-state index contributed by atoms with van der Waals surface area (Å²) in [5.41, 5.74) is 0. The van der Waals surface area contributed by atoms with Gasteiger partial charge in [-0.05, 0) is 20.3 Å². The van der Waals surface area contributed by atoms with E-state index in [4.69, 9.17) is 4.74 Å². The highest BCUT2D eigenvalue weighted by atomic mass is 127. The largest absolute Gasteiger partial charge is 0.383 e. The lowest BCUT2D eigenvalue weighted by Gasteiger charge is -2.18. The molecular formula is C12H29IN4O3S. The highest BCUT2D eigenvalue weighted by Gasteiger charge is 2.14. The van der Waals surface area contributed by atoms with Crippen LogP contribution in [-0.4, -0.2) is 71.4 Å². The summed E-state index contributed by atoms with van der Waals surface area (Å²) in [4.78, 5) is 4.10. The molecular weight excluding hydrogens is 407 g/mol. The van der Waals surface area contributed by atoms with E-state index in [1.807, 2.05) is 6.92 Å². The molecule has 0 bridgehead atoms. The number of nitrogens with one attached hydrogen (secondary N) is 2. The van der Waals surface area contributed by atoms with Crippen molar-refractivity contribution in [2.75, 3.05) is 46.7 Å². The molecule has 21 heavy (non-hydrogen) atoms. The Balaban J connectivity index is 0. The Labute approximate surface area is 146 Å². The minimum Gasteiger partial charge on any atom is -0.383 e. The van der Waals surface area contributed by atoms with Crippen LogP contribution in [-0.2, 0) is 14.8 Å². The second-order valence-corrected chi connectivity index (χ2v) is 6.94. The van der Waals surface area contributed by atoms with Crippen molar-refractivity contribution in [3.05, 3.63) is 0 Å². The van der Waals surface area contributed by atoms with Crippen LogP contribution in [0.2, 0.25) is 0 Å². The molecule has 0 radical (unpaired) electrons. The number of methoxy groups -OCH3 is 1. The normalized spacial score (nSPS) is 13.7. The fourth-order valence-electron chi connectivity index (χ4n) is 1.59. The minimum atomic E-state index is -3.09. The lowest BCUT2D eigenvalue weighted by atomic mass is 10.3. The highest BCUT2D eigenvalue weighted by Crippen LogP contribution is 1.98. The molecule has 128 valence electrons. The third-order valence-corrected chi connectivity index (χ3v) is 4.67. The van der Waals surface area contributed by atoms with Crippen LogP contribution >= 0.6 is 24.0 Å². The SMILES string of the molecule is CCS(=O)(=O)N(C)CCCNC(=NC)NC(C)COC.I. The molecule has 0 heterocycles. The van der Waals surface area contributed by atoms with Gasteiger partial charge in [0.2, 0.25) is 10.0 Å². The monoisotopic (exact) mass is 436 g/mol. The summed E-state index contributed by atoms with van der Waals surface area (Å²) in [6, 6.07) is 0.161. The lowest BCUT2D eigenvalue weighted by Crippen LogP contribution is -2.44. The molecule has 0 fully saturated rings. The predicted molar refractivity (Wildman–Crippen MR) is 98.0 cm³/mol. The van der Waals surface area contributed by atoms with E-state index in [-0.39, 0.29) is 35.8 Å². The highest BCUT2D eigenvalue weighted by molar-refractivity contribution is 14.0. The van der Waals surface area contributed by atoms with Gasteiger partial charge < -0.3 is 15.4 Å². The van der Waals surface area contributed by atoms with Crippen molar-refractivity contribution in [3.63, 3.8) is 0 Å². The number of hydrogen-bond acceptors (Lipinski definition) is 4. The summed E-state index contributed by atoms with van der Waals surface area (Å²) in [6.07, 6.45) is 0.717. The molecule has 0 aromatic heterocycles. The van der Waals surface area contributed by atoms with Crippen molar-refractivity contribution < 1.29 is 13.2 Å². The van der Waals surface area contributed by atoms with Gasteiger partial charge in [-0.1, -0.05) is 0 Å². The average molecular weight is 436 g/mol. The summed E-state index contributed by atoms with van der Waals surface area (Å²) in [7, 11) is 1.86. The van der Waals surface area contributed by atoms with Gasteiger partial charge >= 0.3 is 0 Å². The van der Waals surface area contributed by atoms with E-state index in [1.165, 1.54) is 4.31 Å². The van der Waals surface area contributed by atoms with Gasteiger partial charge in [-0.2, -0.15) is 0 Å². The fourth-order valence-corrected chi connectivity index (χ4v) is 2.44. The molecule has 0 saturated heterocycles. The minimum absolute atomic E-state index is 0. The molecule has 2 N–H and O–H groups in total. The van der Waals surface area contributed by atoms with Crippen LogP contribution in [0.1, 0.15) is 20.3 Å². The molecule has 0 aliphatic heterocycles. The molecule has 0 aliphatic carbocycles. The molecule has 0 spiro atoms. The number of aliphatic imine (C=N–C) groups is 1. The van der Waals surface area contributed by atoms with Gasteiger partial charge in [0, 0.05) is 40.3 Å². The van der Waals surface area contributed by atoms with Gasteiger partial charge in [0.05, 0.1) is 12.4 Å². The third-order valence-electron chi connectivity index (χ3n) is 2.81. The Morgan fingerprint density at radius 1 is 1.43 bits per heavy atom. The first-order valence-corrected chi connectivity index (χ1v) is 8.38. The van der Waals surface area contributed by atoms with Crippen LogP contribution in [0.15, 0.2) is 4.99 Å². The second-order valence-electron chi connectivity index (χ2n) is 4.58. The van der Waals surface area contributed by atoms with Crippen LogP contribution in [0.5, 0.6) is 0 Å². The Morgan fingerprint density at radius 2 is 2.05 bits per heavy atom. The number of guanidine groups is 1. The van der Waals surface area contributed by atoms with E-state index in [0.29, 0.717) is 25.7 Å². The average Bonchev–Trinajstić information content (AvgIpc) is 2.41. The van der Waals surface area contributed by atoms with E-state index in [1.54, 1.807) is 28.1 Å². The molecule has 0 aromatic rings. The van der Waals surface area contributed by atoms with Gasteiger partial charge in [0.15, 0.2) is 5.96 Å². The Hall–Kier alpha value is -0.130. The number of rotatable bonds is 9. The van der Waals surface area contributed by atoms with Crippen LogP contribution in [0.4, 0.5) is 0 Å². The number of ether oxygens (including phenoxy) is 1. The number of nitrogens with zero attached hydrogens (tertiary/aromatic N) is 2. The molecule has 7 nitrogen and oxygen atoms in total. The maximum absolute atomic E-state index is 11.6. The maximum Gasteiger partial charge on any atom is 0.213 e. The fraction of sp³-hybridized carbons (Fsp3) is 0.917. The quantitative estimate of drug-likeness (QED) is 0.238. The van der Waals surface area contributed by atoms with Crippen molar-refractivity contribution in [2.45, 2.75) is 26.3 Å². The van der Waals surface area contributed by atoms with Crippen LogP contribution in [0.25, 0.3) is 0 Å². The lowest BCUT2D eigenvalue weighted by molar-refractivity contribution is 0.179. The van der Waals surface area contributed by atoms with E-state index >= 15 is 0 Å².